The van der Waals surface area contributed by atoms with E-state index in [2.05, 4.69) is 10.3 Å². The van der Waals surface area contributed by atoms with Crippen LogP contribution in [0.4, 0.5) is 4.39 Å². The number of aliphatic hydroxyl groups excluding tert-OH is 1. The minimum Gasteiger partial charge on any atom is -0.496 e. The number of carbonyl (C=O) groups is 1. The molecule has 11 nitrogen and oxygen atoms in total. The van der Waals surface area contributed by atoms with Gasteiger partial charge in [0.25, 0.3) is 5.56 Å². The lowest BCUT2D eigenvalue weighted by molar-refractivity contribution is -0.122. The van der Waals surface area contributed by atoms with Crippen molar-refractivity contribution in [3.8, 4) is 16.5 Å². The molecule has 0 bridgehead atoms. The van der Waals surface area contributed by atoms with Crippen LogP contribution < -0.4 is 21.3 Å². The van der Waals surface area contributed by atoms with E-state index in [1.165, 1.54) is 42.3 Å². The molecular formula is C25H25FN4O7S. The molecule has 4 aromatic rings. The van der Waals surface area contributed by atoms with Crippen LogP contribution in [0.25, 0.3) is 21.0 Å². The summed E-state index contributed by atoms with van der Waals surface area (Å²) < 4.78 is 33.3. The van der Waals surface area contributed by atoms with Gasteiger partial charge in [-0.15, -0.1) is 11.3 Å². The van der Waals surface area contributed by atoms with E-state index in [1.54, 1.807) is 6.92 Å². The quantitative estimate of drug-likeness (QED) is 0.327. The number of ether oxygens (including phenoxy) is 2. The molecule has 38 heavy (non-hydrogen) atoms. The van der Waals surface area contributed by atoms with E-state index in [1.807, 2.05) is 0 Å². The van der Waals surface area contributed by atoms with E-state index in [0.29, 0.717) is 33.1 Å². The molecule has 2 atom stereocenters. The lowest BCUT2D eigenvalue weighted by Gasteiger charge is -2.23. The Morgan fingerprint density at radius 2 is 2.16 bits per heavy atom. The fourth-order valence-electron chi connectivity index (χ4n) is 4.73. The lowest BCUT2D eigenvalue weighted by atomic mass is 10.1. The van der Waals surface area contributed by atoms with Crippen LogP contribution in [0.1, 0.15) is 29.7 Å². The number of halogens is 1. The standard InChI is InChI=1S/C25H25FN4O7S/c1-13-19-23(33)30(16-5-6-27-21(16)32)25(34)29(24(19)38-20(13)22-28-7-9-37-22)12-18(36-10-8-31)15-11-14(26)3-4-17(15)35-2/h3-4,7,9,11,16,18,31H,5-6,8,10,12H2,1-2H3,(H,27,32). The third-order valence-corrected chi connectivity index (χ3v) is 7.80. The van der Waals surface area contributed by atoms with E-state index in [4.69, 9.17) is 13.9 Å². The molecule has 1 amide bonds. The molecule has 1 fully saturated rings. The van der Waals surface area contributed by atoms with Crippen LogP contribution in [0.5, 0.6) is 5.75 Å². The smallest absolute Gasteiger partial charge is 0.332 e. The van der Waals surface area contributed by atoms with Gasteiger partial charge in [-0.25, -0.2) is 18.7 Å². The highest BCUT2D eigenvalue weighted by Crippen LogP contribution is 2.37. The Balaban J connectivity index is 1.76. The zero-order valence-corrected chi connectivity index (χ0v) is 21.4. The zero-order chi connectivity index (χ0) is 27.0. The summed E-state index contributed by atoms with van der Waals surface area (Å²) in [4.78, 5) is 45.2. The van der Waals surface area contributed by atoms with Crippen molar-refractivity contribution in [3.05, 3.63) is 68.4 Å². The van der Waals surface area contributed by atoms with Crippen LogP contribution in [-0.4, -0.2) is 52.0 Å². The van der Waals surface area contributed by atoms with Crippen LogP contribution in [0.3, 0.4) is 0 Å². The van der Waals surface area contributed by atoms with Gasteiger partial charge in [-0.2, -0.15) is 0 Å². The second kappa shape index (κ2) is 10.5. The van der Waals surface area contributed by atoms with E-state index in [0.717, 1.165) is 15.9 Å². The average molecular weight is 545 g/mol. The summed E-state index contributed by atoms with van der Waals surface area (Å²) in [6, 6.07) is 2.94. The van der Waals surface area contributed by atoms with Gasteiger partial charge in [-0.05, 0) is 37.1 Å². The first-order valence-electron chi connectivity index (χ1n) is 11.9. The Morgan fingerprint density at radius 1 is 1.34 bits per heavy atom. The number of hydrogen-bond acceptors (Lipinski definition) is 9. The predicted octanol–water partition coefficient (Wildman–Crippen LogP) is 2.15. The number of thiophene rings is 1. The number of rotatable bonds is 9. The number of amides is 1. The topological polar surface area (TPSA) is 138 Å². The molecule has 1 saturated heterocycles. The molecular weight excluding hydrogens is 519 g/mol. The molecule has 2 N–H and O–H groups in total. The first kappa shape index (κ1) is 25.8. The summed E-state index contributed by atoms with van der Waals surface area (Å²) >= 11 is 1.15. The van der Waals surface area contributed by atoms with Crippen molar-refractivity contribution in [1.29, 1.82) is 0 Å². The molecule has 4 heterocycles. The number of fused-ring (bicyclic) bond motifs is 1. The van der Waals surface area contributed by atoms with Gasteiger partial charge in [-0.1, -0.05) is 0 Å². The molecule has 13 heteroatoms. The number of carbonyl (C=O) groups excluding carboxylic acids is 1. The van der Waals surface area contributed by atoms with Crippen LogP contribution in [0.2, 0.25) is 0 Å². The molecule has 0 aliphatic carbocycles. The summed E-state index contributed by atoms with van der Waals surface area (Å²) in [5.74, 6) is -0.352. The summed E-state index contributed by atoms with van der Waals surface area (Å²) in [5.41, 5.74) is -0.433. The number of oxazole rings is 1. The molecule has 0 radical (unpaired) electrons. The van der Waals surface area contributed by atoms with Gasteiger partial charge in [0.1, 0.15) is 34.8 Å². The molecule has 1 aliphatic heterocycles. The number of aliphatic hydroxyl groups is 1. The van der Waals surface area contributed by atoms with Crippen LogP contribution >= 0.6 is 11.3 Å². The molecule has 2 unspecified atom stereocenters. The van der Waals surface area contributed by atoms with E-state index in [9.17, 15) is 23.9 Å². The number of aryl methyl sites for hydroxylation is 1. The fraction of sp³-hybridized carbons (Fsp3) is 0.360. The van der Waals surface area contributed by atoms with E-state index >= 15 is 0 Å². The first-order valence-corrected chi connectivity index (χ1v) is 12.7. The van der Waals surface area contributed by atoms with Gasteiger partial charge in [0.2, 0.25) is 11.8 Å². The first-order chi connectivity index (χ1) is 18.3. The maximum absolute atomic E-state index is 14.3. The number of benzene rings is 1. The minimum absolute atomic E-state index is 0.0993. The van der Waals surface area contributed by atoms with Crippen LogP contribution in [0, 0.1) is 12.7 Å². The molecule has 5 rings (SSSR count). The third kappa shape index (κ3) is 4.42. The van der Waals surface area contributed by atoms with Crippen molar-refractivity contribution in [3.63, 3.8) is 0 Å². The number of methoxy groups -OCH3 is 1. The van der Waals surface area contributed by atoms with Crippen molar-refractivity contribution in [1.82, 2.24) is 19.4 Å². The number of hydrogen-bond donors (Lipinski definition) is 2. The molecule has 200 valence electrons. The van der Waals surface area contributed by atoms with Gasteiger partial charge in [0.15, 0.2) is 0 Å². The summed E-state index contributed by atoms with van der Waals surface area (Å²) in [5, 5.41) is 12.3. The Hall–Kier alpha value is -3.81. The summed E-state index contributed by atoms with van der Waals surface area (Å²) in [7, 11) is 1.42. The van der Waals surface area contributed by atoms with Crippen molar-refractivity contribution >= 4 is 27.5 Å². The highest BCUT2D eigenvalue weighted by atomic mass is 32.1. The Labute approximate surface area is 219 Å². The molecule has 0 spiro atoms. The summed E-state index contributed by atoms with van der Waals surface area (Å²) in [6.07, 6.45) is 2.21. The van der Waals surface area contributed by atoms with Crippen molar-refractivity contribution in [2.45, 2.75) is 32.0 Å². The van der Waals surface area contributed by atoms with E-state index in [-0.39, 0.29) is 37.5 Å². The highest BCUT2D eigenvalue weighted by Gasteiger charge is 2.33. The average Bonchev–Trinajstić information content (AvgIpc) is 3.65. The number of nitrogens with one attached hydrogen (secondary N) is 1. The fourth-order valence-corrected chi connectivity index (χ4v) is 5.97. The van der Waals surface area contributed by atoms with Crippen molar-refractivity contribution < 1.29 is 28.2 Å². The van der Waals surface area contributed by atoms with Crippen molar-refractivity contribution in [2.75, 3.05) is 26.9 Å². The van der Waals surface area contributed by atoms with E-state index < -0.39 is 35.1 Å². The Bertz CT molecular complexity index is 1610. The maximum atomic E-state index is 14.3. The van der Waals surface area contributed by atoms with Crippen LogP contribution in [0.15, 0.2) is 44.7 Å². The van der Waals surface area contributed by atoms with Gasteiger partial charge in [-0.3, -0.25) is 14.2 Å². The number of nitrogens with zero attached hydrogens (tertiary/aromatic N) is 3. The van der Waals surface area contributed by atoms with Gasteiger partial charge < -0.3 is 24.3 Å². The largest absolute Gasteiger partial charge is 0.496 e. The third-order valence-electron chi connectivity index (χ3n) is 6.50. The van der Waals surface area contributed by atoms with Crippen LogP contribution in [-0.2, 0) is 16.1 Å². The molecule has 1 aliphatic rings. The molecule has 3 aromatic heterocycles. The van der Waals surface area contributed by atoms with Crippen molar-refractivity contribution in [2.24, 2.45) is 0 Å². The monoisotopic (exact) mass is 544 g/mol. The number of aromatic nitrogens is 3. The minimum atomic E-state index is -0.976. The molecule has 0 saturated carbocycles. The summed E-state index contributed by atoms with van der Waals surface area (Å²) in [6.45, 7) is 1.49. The normalized spacial score (nSPS) is 16.2. The highest BCUT2D eigenvalue weighted by molar-refractivity contribution is 7.22. The zero-order valence-electron chi connectivity index (χ0n) is 20.6. The Kier molecular flexibility index (Phi) is 7.15. The van der Waals surface area contributed by atoms with Gasteiger partial charge >= 0.3 is 5.69 Å². The predicted molar refractivity (Wildman–Crippen MR) is 136 cm³/mol. The lowest BCUT2D eigenvalue weighted by Crippen LogP contribution is -2.44. The maximum Gasteiger partial charge on any atom is 0.332 e. The SMILES string of the molecule is COc1ccc(F)cc1C(Cn1c(=O)n(C2CCNC2=O)c(=O)c2c(C)c(-c3ncco3)sc21)OCCO. The Morgan fingerprint density at radius 3 is 2.82 bits per heavy atom. The van der Waals surface area contributed by atoms with Gasteiger partial charge in [0, 0.05) is 12.1 Å². The second-order valence-corrected chi connectivity index (χ2v) is 9.71. The molecule has 1 aromatic carbocycles. The van der Waals surface area contributed by atoms with Gasteiger partial charge in [0.05, 0.1) is 43.3 Å². The second-order valence-electron chi connectivity index (χ2n) is 8.71.